The van der Waals surface area contributed by atoms with Crippen LogP contribution >= 0.6 is 0 Å². The Morgan fingerprint density at radius 3 is 2.40 bits per heavy atom. The summed E-state index contributed by atoms with van der Waals surface area (Å²) in [5.41, 5.74) is 2.47. The molecule has 2 N–H and O–H groups in total. The molecule has 10 heteroatoms. The van der Waals surface area contributed by atoms with E-state index in [-0.39, 0.29) is 23.9 Å². The van der Waals surface area contributed by atoms with Crippen molar-refractivity contribution in [2.24, 2.45) is 5.92 Å². The van der Waals surface area contributed by atoms with Gasteiger partial charge in [0.2, 0.25) is 11.8 Å². The second-order valence-corrected chi connectivity index (χ2v) is 11.7. The number of piperidine rings is 1. The number of carbonyl (C=O) groups excluding carboxylic acids is 3. The van der Waals surface area contributed by atoms with Crippen LogP contribution in [0.5, 0.6) is 0 Å². The number of rotatable bonds is 9. The van der Waals surface area contributed by atoms with Gasteiger partial charge in [0.25, 0.3) is 0 Å². The number of amides is 3. The van der Waals surface area contributed by atoms with Crippen LogP contribution in [0.15, 0.2) is 24.3 Å². The summed E-state index contributed by atoms with van der Waals surface area (Å²) in [6.45, 7) is 14.5. The van der Waals surface area contributed by atoms with E-state index >= 15 is 0 Å². The van der Waals surface area contributed by atoms with Crippen molar-refractivity contribution in [3.8, 4) is 0 Å². The van der Waals surface area contributed by atoms with Gasteiger partial charge < -0.3 is 25.2 Å². The molecular formula is C30H48N6O4. The highest BCUT2D eigenvalue weighted by atomic mass is 16.6. The summed E-state index contributed by atoms with van der Waals surface area (Å²) in [5, 5.41) is 11.3. The molecule has 40 heavy (non-hydrogen) atoms. The zero-order chi connectivity index (χ0) is 28.6. The first-order valence-electron chi connectivity index (χ1n) is 15.1. The number of nitrogens with zero attached hydrogens (tertiary/aromatic N) is 4. The van der Waals surface area contributed by atoms with E-state index in [4.69, 9.17) is 4.74 Å². The Kier molecular flexibility index (Phi) is 10.8. The zero-order valence-electron chi connectivity index (χ0n) is 24.7. The molecule has 1 aromatic rings. The van der Waals surface area contributed by atoms with Gasteiger partial charge in [0.05, 0.1) is 6.61 Å². The molecule has 2 saturated heterocycles. The molecule has 2 atom stereocenters. The molecule has 3 aliphatic rings. The van der Waals surface area contributed by atoms with Crippen molar-refractivity contribution in [2.45, 2.75) is 71.5 Å². The molecular weight excluding hydrogens is 508 g/mol. The first-order valence-corrected chi connectivity index (χ1v) is 15.1. The van der Waals surface area contributed by atoms with Gasteiger partial charge in [-0.2, -0.15) is 0 Å². The average molecular weight is 557 g/mol. The lowest BCUT2D eigenvalue weighted by Crippen LogP contribution is -2.61. The summed E-state index contributed by atoms with van der Waals surface area (Å²) in [5.74, 6) is 0.373. The molecule has 3 aliphatic heterocycles. The van der Waals surface area contributed by atoms with Crippen LogP contribution in [-0.2, 0) is 20.7 Å². The van der Waals surface area contributed by atoms with E-state index in [1.54, 1.807) is 6.92 Å². The van der Waals surface area contributed by atoms with E-state index in [9.17, 15) is 14.4 Å². The van der Waals surface area contributed by atoms with Crippen molar-refractivity contribution in [1.82, 2.24) is 30.5 Å². The van der Waals surface area contributed by atoms with Crippen molar-refractivity contribution >= 4 is 17.9 Å². The van der Waals surface area contributed by atoms with Crippen LogP contribution in [0.2, 0.25) is 0 Å². The molecule has 3 heterocycles. The molecule has 10 nitrogen and oxygen atoms in total. The molecule has 3 amide bonds. The van der Waals surface area contributed by atoms with Crippen molar-refractivity contribution in [2.75, 3.05) is 59.0 Å². The molecule has 222 valence electrons. The highest BCUT2D eigenvalue weighted by molar-refractivity contribution is 5.87. The summed E-state index contributed by atoms with van der Waals surface area (Å²) in [7, 11) is 0. The number of carbonyl (C=O) groups is 3. The predicted octanol–water partition coefficient (Wildman–Crippen LogP) is 2.41. The van der Waals surface area contributed by atoms with Crippen molar-refractivity contribution < 1.29 is 19.1 Å². The van der Waals surface area contributed by atoms with Gasteiger partial charge in [0, 0.05) is 64.3 Å². The van der Waals surface area contributed by atoms with Crippen LogP contribution in [0.1, 0.15) is 64.1 Å². The quantitative estimate of drug-likeness (QED) is 0.482. The Morgan fingerprint density at radius 1 is 1.02 bits per heavy atom. The molecule has 0 aromatic heterocycles. The lowest BCUT2D eigenvalue weighted by atomic mass is 9.92. The fraction of sp³-hybridized carbons (Fsp3) is 0.700. The zero-order valence-corrected chi connectivity index (χ0v) is 24.7. The number of ether oxygens (including phenoxy) is 1. The van der Waals surface area contributed by atoms with E-state index in [1.165, 1.54) is 11.1 Å². The Morgan fingerprint density at radius 2 is 1.73 bits per heavy atom. The lowest BCUT2D eigenvalue weighted by molar-refractivity contribution is -0.144. The average Bonchev–Trinajstić information content (AvgIpc) is 2.96. The van der Waals surface area contributed by atoms with Crippen LogP contribution in [0.3, 0.4) is 0 Å². The van der Waals surface area contributed by atoms with E-state index in [1.807, 2.05) is 28.9 Å². The summed E-state index contributed by atoms with van der Waals surface area (Å²) in [6.07, 6.45) is 2.89. The fourth-order valence-corrected chi connectivity index (χ4v) is 6.20. The number of benzene rings is 1. The molecule has 0 bridgehead atoms. The van der Waals surface area contributed by atoms with Gasteiger partial charge in [-0.1, -0.05) is 38.1 Å². The summed E-state index contributed by atoms with van der Waals surface area (Å²) in [6, 6.07) is 8.05. The highest BCUT2D eigenvalue weighted by Crippen LogP contribution is 2.25. The Labute approximate surface area is 239 Å². The minimum Gasteiger partial charge on any atom is -0.450 e. The first kappa shape index (κ1) is 30.3. The van der Waals surface area contributed by atoms with E-state index in [0.29, 0.717) is 51.2 Å². The second-order valence-electron chi connectivity index (χ2n) is 11.7. The summed E-state index contributed by atoms with van der Waals surface area (Å²) < 4.78 is 5.18. The molecule has 4 rings (SSSR count). The SMILES string of the molecule is CCOC(=O)N1CCC(N(CC(C)C)N2CCN(C(=O)[C@@H](C)NC(=O)CC3NCCc4ccccc43)CC2)CC1. The maximum atomic E-state index is 13.2. The third kappa shape index (κ3) is 7.73. The third-order valence-corrected chi connectivity index (χ3v) is 8.25. The number of nitrogens with one attached hydrogen (secondary N) is 2. The topological polar surface area (TPSA) is 97.5 Å². The Bertz CT molecular complexity index is 1000. The third-order valence-electron chi connectivity index (χ3n) is 8.25. The predicted molar refractivity (Wildman–Crippen MR) is 154 cm³/mol. The van der Waals surface area contributed by atoms with Crippen LogP contribution < -0.4 is 10.6 Å². The molecule has 1 aromatic carbocycles. The van der Waals surface area contributed by atoms with E-state index in [2.05, 4.69) is 46.6 Å². The maximum Gasteiger partial charge on any atom is 0.409 e. The number of hydrogen-bond donors (Lipinski definition) is 2. The van der Waals surface area contributed by atoms with Gasteiger partial charge in [0.15, 0.2) is 0 Å². The van der Waals surface area contributed by atoms with Crippen LogP contribution in [-0.4, -0.2) is 109 Å². The number of hydrogen-bond acceptors (Lipinski definition) is 7. The highest BCUT2D eigenvalue weighted by Gasteiger charge is 2.34. The van der Waals surface area contributed by atoms with Crippen molar-refractivity contribution in [3.05, 3.63) is 35.4 Å². The maximum absolute atomic E-state index is 13.2. The fourth-order valence-electron chi connectivity index (χ4n) is 6.20. The largest absolute Gasteiger partial charge is 0.450 e. The van der Waals surface area contributed by atoms with Gasteiger partial charge in [-0.05, 0) is 56.7 Å². The van der Waals surface area contributed by atoms with Gasteiger partial charge in [-0.25, -0.2) is 14.8 Å². The minimum absolute atomic E-state index is 0.0214. The number of piperazine rings is 1. The molecule has 1 unspecified atom stereocenters. The number of likely N-dealkylation sites (tertiary alicyclic amines) is 1. The number of hydrazine groups is 1. The first-order chi connectivity index (χ1) is 19.3. The van der Waals surface area contributed by atoms with Crippen LogP contribution in [0, 0.1) is 5.92 Å². The van der Waals surface area contributed by atoms with Crippen molar-refractivity contribution in [1.29, 1.82) is 0 Å². The molecule has 0 saturated carbocycles. The smallest absolute Gasteiger partial charge is 0.409 e. The molecule has 0 aliphatic carbocycles. The van der Waals surface area contributed by atoms with Gasteiger partial charge >= 0.3 is 6.09 Å². The standard InChI is InChI=1S/C30H48N6O4/c1-5-40-30(39)34-14-11-25(12-15-34)36(21-22(2)3)35-18-16-33(17-19-35)29(38)23(4)32-28(37)20-27-26-9-7-6-8-24(26)10-13-31-27/h6-9,22-23,25,27,31H,5,10-21H2,1-4H3,(H,32,37)/t23-,27?/m1/s1. The summed E-state index contributed by atoms with van der Waals surface area (Å²) in [4.78, 5) is 41.9. The normalized spacial score (nSPS) is 21.3. The monoisotopic (exact) mass is 556 g/mol. The Hall–Kier alpha value is -2.69. The lowest BCUT2D eigenvalue weighted by Gasteiger charge is -2.47. The molecule has 2 fully saturated rings. The Balaban J connectivity index is 1.26. The van der Waals surface area contributed by atoms with Crippen molar-refractivity contribution in [3.63, 3.8) is 0 Å². The van der Waals surface area contributed by atoms with Crippen LogP contribution in [0.25, 0.3) is 0 Å². The summed E-state index contributed by atoms with van der Waals surface area (Å²) >= 11 is 0. The molecule has 0 radical (unpaired) electrons. The number of fused-ring (bicyclic) bond motifs is 1. The van der Waals surface area contributed by atoms with E-state index in [0.717, 1.165) is 45.4 Å². The van der Waals surface area contributed by atoms with Gasteiger partial charge in [-0.15, -0.1) is 0 Å². The minimum atomic E-state index is -0.558. The van der Waals surface area contributed by atoms with Crippen LogP contribution in [0.4, 0.5) is 4.79 Å². The van der Waals surface area contributed by atoms with Gasteiger partial charge in [-0.3, -0.25) is 9.59 Å². The van der Waals surface area contributed by atoms with Gasteiger partial charge in [0.1, 0.15) is 6.04 Å². The van der Waals surface area contributed by atoms with E-state index < -0.39 is 6.04 Å². The molecule has 0 spiro atoms. The second kappa shape index (κ2) is 14.3.